The molecule has 32 heavy (non-hydrogen) atoms. The second-order valence-electron chi connectivity index (χ2n) is 7.95. The van der Waals surface area contributed by atoms with Crippen LogP contribution in [0.3, 0.4) is 0 Å². The quantitative estimate of drug-likeness (QED) is 0.422. The van der Waals surface area contributed by atoms with Gasteiger partial charge in [-0.1, -0.05) is 18.2 Å². The number of nitro benzene ring substituents is 1. The molecular weight excluding hydrogens is 417 g/mol. The number of imide groups is 1. The van der Waals surface area contributed by atoms with Gasteiger partial charge in [0.2, 0.25) is 0 Å². The largest absolute Gasteiger partial charge is 0.396 e. The van der Waals surface area contributed by atoms with Crippen LogP contribution in [0.5, 0.6) is 0 Å². The number of aliphatic hydroxyl groups is 1. The van der Waals surface area contributed by atoms with Crippen LogP contribution in [0.25, 0.3) is 5.57 Å². The molecule has 0 spiro atoms. The van der Waals surface area contributed by atoms with Gasteiger partial charge in [0.1, 0.15) is 11.5 Å². The minimum Gasteiger partial charge on any atom is -0.396 e. The molecule has 2 aliphatic heterocycles. The minimum atomic E-state index is -0.576. The topological polar surface area (TPSA) is 104 Å². The SMILES string of the molecule is O=C1C(c2ccc([N+](=O)[O-])cc2)=C(N2CCCC(CO)C2)C(=O)N1Cc1ccccc1F. The van der Waals surface area contributed by atoms with Crippen LogP contribution in [-0.4, -0.2) is 51.3 Å². The van der Waals surface area contributed by atoms with Gasteiger partial charge in [-0.3, -0.25) is 24.6 Å². The Bertz CT molecular complexity index is 1100. The summed E-state index contributed by atoms with van der Waals surface area (Å²) in [5.41, 5.74) is 0.795. The molecule has 4 rings (SSSR count). The van der Waals surface area contributed by atoms with E-state index in [0.717, 1.165) is 17.7 Å². The fourth-order valence-electron chi connectivity index (χ4n) is 4.22. The van der Waals surface area contributed by atoms with Crippen molar-refractivity contribution in [1.29, 1.82) is 0 Å². The predicted octanol–water partition coefficient (Wildman–Crippen LogP) is 2.72. The number of nitro groups is 1. The summed E-state index contributed by atoms with van der Waals surface area (Å²) in [6.45, 7) is 0.697. The minimum absolute atomic E-state index is 0.0297. The first-order valence-corrected chi connectivity index (χ1v) is 10.3. The number of non-ortho nitro benzene ring substituents is 1. The van der Waals surface area contributed by atoms with Gasteiger partial charge in [0, 0.05) is 37.4 Å². The van der Waals surface area contributed by atoms with E-state index in [1.807, 2.05) is 0 Å². The molecule has 2 heterocycles. The highest BCUT2D eigenvalue weighted by molar-refractivity contribution is 6.35. The van der Waals surface area contributed by atoms with Crippen LogP contribution in [0, 0.1) is 21.8 Å². The molecule has 2 aromatic rings. The van der Waals surface area contributed by atoms with Crippen molar-refractivity contribution in [1.82, 2.24) is 9.80 Å². The smallest absolute Gasteiger partial charge is 0.278 e. The molecule has 1 fully saturated rings. The Hall–Kier alpha value is -3.59. The number of nitrogens with zero attached hydrogens (tertiary/aromatic N) is 3. The molecule has 0 bridgehead atoms. The molecule has 1 unspecified atom stereocenters. The summed E-state index contributed by atoms with van der Waals surface area (Å²) < 4.78 is 14.2. The lowest BCUT2D eigenvalue weighted by atomic mass is 9.97. The molecule has 0 aliphatic carbocycles. The summed E-state index contributed by atoms with van der Waals surface area (Å²) in [5.74, 6) is -1.66. The van der Waals surface area contributed by atoms with Gasteiger partial charge in [-0.25, -0.2) is 4.39 Å². The Labute approximate surface area is 183 Å². The van der Waals surface area contributed by atoms with Crippen molar-refractivity contribution in [3.05, 3.63) is 81.3 Å². The third kappa shape index (κ3) is 3.99. The zero-order valence-electron chi connectivity index (χ0n) is 17.2. The van der Waals surface area contributed by atoms with Crippen molar-refractivity contribution in [3.63, 3.8) is 0 Å². The number of benzene rings is 2. The number of hydrogen-bond acceptors (Lipinski definition) is 6. The maximum Gasteiger partial charge on any atom is 0.278 e. The van der Waals surface area contributed by atoms with Crippen molar-refractivity contribution in [2.45, 2.75) is 19.4 Å². The Morgan fingerprint density at radius 1 is 1.09 bits per heavy atom. The Balaban J connectivity index is 1.75. The van der Waals surface area contributed by atoms with Crippen LogP contribution in [0.15, 0.2) is 54.2 Å². The summed E-state index contributed by atoms with van der Waals surface area (Å²) in [5, 5.41) is 20.6. The summed E-state index contributed by atoms with van der Waals surface area (Å²) in [6, 6.07) is 11.4. The van der Waals surface area contributed by atoms with Gasteiger partial charge in [-0.05, 0) is 42.5 Å². The fraction of sp³-hybridized carbons (Fsp3) is 0.304. The summed E-state index contributed by atoms with van der Waals surface area (Å²) in [6.07, 6.45) is 1.56. The molecule has 1 atom stereocenters. The molecular formula is C23H22FN3O5. The monoisotopic (exact) mass is 439 g/mol. The third-order valence-electron chi connectivity index (χ3n) is 5.89. The number of piperidine rings is 1. The maximum absolute atomic E-state index is 14.2. The molecule has 2 aromatic carbocycles. The first-order chi connectivity index (χ1) is 15.4. The van der Waals surface area contributed by atoms with Crippen LogP contribution >= 0.6 is 0 Å². The van der Waals surface area contributed by atoms with Gasteiger partial charge >= 0.3 is 0 Å². The molecule has 8 nitrogen and oxygen atoms in total. The average molecular weight is 439 g/mol. The van der Waals surface area contributed by atoms with Gasteiger partial charge in [-0.2, -0.15) is 0 Å². The Morgan fingerprint density at radius 3 is 2.47 bits per heavy atom. The lowest BCUT2D eigenvalue weighted by Crippen LogP contribution is -2.40. The van der Waals surface area contributed by atoms with Gasteiger partial charge in [0.25, 0.3) is 17.5 Å². The highest BCUT2D eigenvalue weighted by Gasteiger charge is 2.42. The number of carbonyl (C=O) groups excluding carboxylic acids is 2. The van der Waals surface area contributed by atoms with E-state index in [1.165, 1.54) is 42.5 Å². The van der Waals surface area contributed by atoms with Crippen LogP contribution < -0.4 is 0 Å². The lowest BCUT2D eigenvalue weighted by molar-refractivity contribution is -0.384. The standard InChI is InChI=1S/C23H22FN3O5/c24-19-6-2-1-5-17(19)13-26-22(29)20(16-7-9-18(10-8-16)27(31)32)21(23(26)30)25-11-3-4-15(12-25)14-28/h1-2,5-10,15,28H,3-4,11-14H2. The summed E-state index contributed by atoms with van der Waals surface area (Å²) in [7, 11) is 0. The number of halogens is 1. The predicted molar refractivity (Wildman–Crippen MR) is 113 cm³/mol. The summed E-state index contributed by atoms with van der Waals surface area (Å²) >= 11 is 0. The molecule has 1 saturated heterocycles. The number of carbonyl (C=O) groups is 2. The van der Waals surface area contributed by atoms with E-state index in [-0.39, 0.29) is 41.6 Å². The molecule has 9 heteroatoms. The lowest BCUT2D eigenvalue weighted by Gasteiger charge is -2.34. The van der Waals surface area contributed by atoms with Crippen LogP contribution in [0.4, 0.5) is 10.1 Å². The molecule has 0 saturated carbocycles. The average Bonchev–Trinajstić information content (AvgIpc) is 3.05. The van der Waals surface area contributed by atoms with E-state index in [2.05, 4.69) is 0 Å². The summed E-state index contributed by atoms with van der Waals surface area (Å²) in [4.78, 5) is 40.0. The molecule has 2 amide bonds. The van der Waals surface area contributed by atoms with Gasteiger partial charge in [0.05, 0.1) is 17.0 Å². The number of amides is 2. The second-order valence-corrected chi connectivity index (χ2v) is 7.95. The van der Waals surface area contributed by atoms with Crippen molar-refractivity contribution in [2.75, 3.05) is 19.7 Å². The van der Waals surface area contributed by atoms with E-state index < -0.39 is 22.6 Å². The molecule has 0 radical (unpaired) electrons. The Kier molecular flexibility index (Phi) is 6.00. The number of aliphatic hydroxyl groups excluding tert-OH is 1. The van der Waals surface area contributed by atoms with Gasteiger partial charge in [0.15, 0.2) is 0 Å². The zero-order valence-corrected chi connectivity index (χ0v) is 17.2. The highest BCUT2D eigenvalue weighted by atomic mass is 19.1. The van der Waals surface area contributed by atoms with E-state index in [1.54, 1.807) is 11.0 Å². The van der Waals surface area contributed by atoms with Crippen LogP contribution in [-0.2, 0) is 16.1 Å². The maximum atomic E-state index is 14.2. The van der Waals surface area contributed by atoms with Crippen molar-refractivity contribution in [2.24, 2.45) is 5.92 Å². The van der Waals surface area contributed by atoms with Crippen molar-refractivity contribution in [3.8, 4) is 0 Å². The second kappa shape index (κ2) is 8.88. The Morgan fingerprint density at radius 2 is 1.81 bits per heavy atom. The van der Waals surface area contributed by atoms with Crippen molar-refractivity contribution < 1.29 is 24.0 Å². The van der Waals surface area contributed by atoms with Gasteiger partial charge < -0.3 is 10.0 Å². The zero-order chi connectivity index (χ0) is 22.8. The van der Waals surface area contributed by atoms with Crippen LogP contribution in [0.2, 0.25) is 0 Å². The first-order valence-electron chi connectivity index (χ1n) is 10.3. The van der Waals surface area contributed by atoms with E-state index >= 15 is 0 Å². The van der Waals surface area contributed by atoms with E-state index in [9.17, 15) is 29.2 Å². The third-order valence-corrected chi connectivity index (χ3v) is 5.89. The normalized spacial score (nSPS) is 19.1. The molecule has 2 aliphatic rings. The number of likely N-dealkylation sites (tertiary alicyclic amines) is 1. The molecule has 0 aromatic heterocycles. The molecule has 166 valence electrons. The number of rotatable bonds is 6. The molecule has 1 N–H and O–H groups in total. The van der Waals surface area contributed by atoms with Crippen molar-refractivity contribution >= 4 is 23.1 Å². The first kappa shape index (κ1) is 21.6. The number of hydrogen-bond donors (Lipinski definition) is 1. The van der Waals surface area contributed by atoms with E-state index in [0.29, 0.717) is 18.7 Å². The highest BCUT2D eigenvalue weighted by Crippen LogP contribution is 2.35. The van der Waals surface area contributed by atoms with Crippen LogP contribution in [0.1, 0.15) is 24.0 Å². The van der Waals surface area contributed by atoms with E-state index in [4.69, 9.17) is 0 Å². The fourth-order valence-corrected chi connectivity index (χ4v) is 4.22. The van der Waals surface area contributed by atoms with Gasteiger partial charge in [-0.15, -0.1) is 0 Å².